The van der Waals surface area contributed by atoms with Gasteiger partial charge in [-0.3, -0.25) is 9.59 Å². The maximum Gasteiger partial charge on any atom is 0.274 e. The number of aromatic nitrogens is 2. The fourth-order valence-electron chi connectivity index (χ4n) is 3.07. The monoisotopic (exact) mass is 329 g/mol. The Hall–Kier alpha value is -2.21. The van der Waals surface area contributed by atoms with Gasteiger partial charge in [-0.2, -0.15) is 5.10 Å². The largest absolute Gasteiger partial charge is 0.375 e. The number of benzene rings is 1. The minimum Gasteiger partial charge on any atom is -0.375 e. The summed E-state index contributed by atoms with van der Waals surface area (Å²) < 4.78 is 7.10. The van der Waals surface area contributed by atoms with E-state index in [0.717, 1.165) is 24.6 Å². The molecule has 1 saturated heterocycles. The van der Waals surface area contributed by atoms with Gasteiger partial charge in [-0.15, -0.1) is 0 Å². The van der Waals surface area contributed by atoms with Gasteiger partial charge in [-0.25, -0.2) is 4.68 Å². The van der Waals surface area contributed by atoms with E-state index in [-0.39, 0.29) is 17.6 Å². The molecule has 6 heteroatoms. The standard InChI is InChI=1S/C18H23N3O3/c1-13-6-7-15(24-13)8-9-17(22)19-10-11-21-18(23)16-5-3-2-4-14(16)12-20-21/h2-5,12-13,15H,6-11H2,1H3,(H,19,22)/t13-,15+/m1/s1. The van der Waals surface area contributed by atoms with Crippen molar-refractivity contribution in [2.45, 2.75) is 51.4 Å². The summed E-state index contributed by atoms with van der Waals surface area (Å²) in [5, 5.41) is 8.47. The molecule has 2 aromatic rings. The summed E-state index contributed by atoms with van der Waals surface area (Å²) in [5.41, 5.74) is -0.129. The average Bonchev–Trinajstić information content (AvgIpc) is 3.01. The third-order valence-corrected chi connectivity index (χ3v) is 4.42. The van der Waals surface area contributed by atoms with Gasteiger partial charge >= 0.3 is 0 Å². The highest BCUT2D eigenvalue weighted by atomic mass is 16.5. The number of hydrogen-bond acceptors (Lipinski definition) is 4. The molecule has 1 N–H and O–H groups in total. The number of nitrogens with one attached hydrogen (secondary N) is 1. The number of amides is 1. The zero-order chi connectivity index (χ0) is 16.9. The number of carbonyl (C=O) groups is 1. The predicted molar refractivity (Wildman–Crippen MR) is 91.8 cm³/mol. The summed E-state index contributed by atoms with van der Waals surface area (Å²) in [7, 11) is 0. The highest BCUT2D eigenvalue weighted by molar-refractivity contribution is 5.80. The van der Waals surface area contributed by atoms with Crippen molar-refractivity contribution in [2.24, 2.45) is 0 Å². The van der Waals surface area contributed by atoms with Gasteiger partial charge in [0.2, 0.25) is 5.91 Å². The average molecular weight is 329 g/mol. The summed E-state index contributed by atoms with van der Waals surface area (Å²) in [4.78, 5) is 24.2. The highest BCUT2D eigenvalue weighted by Gasteiger charge is 2.22. The van der Waals surface area contributed by atoms with Gasteiger partial charge in [-0.05, 0) is 32.3 Å². The van der Waals surface area contributed by atoms with Crippen molar-refractivity contribution in [3.63, 3.8) is 0 Å². The van der Waals surface area contributed by atoms with Gasteiger partial charge in [0.1, 0.15) is 0 Å². The molecule has 128 valence electrons. The van der Waals surface area contributed by atoms with Crippen LogP contribution in [0.2, 0.25) is 0 Å². The lowest BCUT2D eigenvalue weighted by molar-refractivity contribution is -0.121. The van der Waals surface area contributed by atoms with E-state index in [9.17, 15) is 9.59 Å². The summed E-state index contributed by atoms with van der Waals surface area (Å²) in [6.45, 7) is 2.83. The van der Waals surface area contributed by atoms with Crippen LogP contribution in [0.25, 0.3) is 10.8 Å². The summed E-state index contributed by atoms with van der Waals surface area (Å²) in [6, 6.07) is 7.36. The van der Waals surface area contributed by atoms with Gasteiger partial charge in [0.05, 0.1) is 30.3 Å². The zero-order valence-electron chi connectivity index (χ0n) is 13.9. The quantitative estimate of drug-likeness (QED) is 0.878. The predicted octanol–water partition coefficient (Wildman–Crippen LogP) is 1.86. The van der Waals surface area contributed by atoms with Crippen molar-refractivity contribution in [2.75, 3.05) is 6.54 Å². The SMILES string of the molecule is C[C@@H]1CC[C@@H](CCC(=O)NCCn2ncc3ccccc3c2=O)O1. The normalized spacial score (nSPS) is 20.4. The second-order valence-corrected chi connectivity index (χ2v) is 6.29. The van der Waals surface area contributed by atoms with E-state index in [2.05, 4.69) is 17.3 Å². The molecule has 0 unspecified atom stereocenters. The van der Waals surface area contributed by atoms with E-state index >= 15 is 0 Å². The smallest absolute Gasteiger partial charge is 0.274 e. The molecule has 0 bridgehead atoms. The van der Waals surface area contributed by atoms with Crippen LogP contribution < -0.4 is 10.9 Å². The second kappa shape index (κ2) is 7.57. The van der Waals surface area contributed by atoms with Gasteiger partial charge in [-0.1, -0.05) is 18.2 Å². The van der Waals surface area contributed by atoms with E-state index in [1.807, 2.05) is 18.2 Å². The van der Waals surface area contributed by atoms with Gasteiger partial charge in [0.15, 0.2) is 0 Å². The summed E-state index contributed by atoms with van der Waals surface area (Å²) >= 11 is 0. The molecule has 1 aromatic carbocycles. The van der Waals surface area contributed by atoms with Crippen LogP contribution in [-0.2, 0) is 16.1 Å². The molecule has 1 aliphatic rings. The Labute approximate surface area is 140 Å². The molecule has 1 aromatic heterocycles. The molecule has 1 aliphatic heterocycles. The lowest BCUT2D eigenvalue weighted by Crippen LogP contribution is -2.32. The van der Waals surface area contributed by atoms with Crippen LogP contribution in [0.15, 0.2) is 35.3 Å². The maximum absolute atomic E-state index is 12.3. The maximum atomic E-state index is 12.3. The van der Waals surface area contributed by atoms with E-state index in [0.29, 0.717) is 31.0 Å². The molecule has 24 heavy (non-hydrogen) atoms. The Morgan fingerprint density at radius 3 is 3.00 bits per heavy atom. The lowest BCUT2D eigenvalue weighted by Gasteiger charge is -2.11. The highest BCUT2D eigenvalue weighted by Crippen LogP contribution is 2.22. The Morgan fingerprint density at radius 2 is 2.21 bits per heavy atom. The number of ether oxygens (including phenoxy) is 1. The first-order valence-corrected chi connectivity index (χ1v) is 8.50. The first-order valence-electron chi connectivity index (χ1n) is 8.50. The van der Waals surface area contributed by atoms with Crippen LogP contribution in [-0.4, -0.2) is 34.4 Å². The lowest BCUT2D eigenvalue weighted by atomic mass is 10.1. The molecule has 1 amide bonds. The van der Waals surface area contributed by atoms with Crippen LogP contribution in [0.1, 0.15) is 32.6 Å². The van der Waals surface area contributed by atoms with Crippen LogP contribution >= 0.6 is 0 Å². The molecule has 0 radical (unpaired) electrons. The molecule has 0 saturated carbocycles. The summed E-state index contributed by atoms with van der Waals surface area (Å²) in [5.74, 6) is -0.00742. The van der Waals surface area contributed by atoms with Crippen molar-refractivity contribution in [3.8, 4) is 0 Å². The zero-order valence-corrected chi connectivity index (χ0v) is 13.9. The molecule has 3 rings (SSSR count). The van der Waals surface area contributed by atoms with E-state index in [1.165, 1.54) is 4.68 Å². The number of fused-ring (bicyclic) bond motifs is 1. The topological polar surface area (TPSA) is 73.2 Å². The molecule has 1 fully saturated rings. The van der Waals surface area contributed by atoms with Crippen LogP contribution in [0.3, 0.4) is 0 Å². The minimum atomic E-state index is -0.129. The Balaban J connectivity index is 1.47. The molecule has 2 atom stereocenters. The molecule has 6 nitrogen and oxygen atoms in total. The van der Waals surface area contributed by atoms with Crippen LogP contribution in [0, 0.1) is 0 Å². The van der Waals surface area contributed by atoms with Gasteiger partial charge in [0.25, 0.3) is 5.56 Å². The first kappa shape index (κ1) is 16.6. The van der Waals surface area contributed by atoms with E-state index in [1.54, 1.807) is 12.3 Å². The number of hydrogen-bond donors (Lipinski definition) is 1. The fraction of sp³-hybridized carbons (Fsp3) is 0.500. The second-order valence-electron chi connectivity index (χ2n) is 6.29. The fourth-order valence-corrected chi connectivity index (χ4v) is 3.07. The number of nitrogens with zero attached hydrogens (tertiary/aromatic N) is 2. The van der Waals surface area contributed by atoms with Crippen molar-refractivity contribution < 1.29 is 9.53 Å². The van der Waals surface area contributed by atoms with Crippen molar-refractivity contribution in [1.82, 2.24) is 15.1 Å². The van der Waals surface area contributed by atoms with Crippen LogP contribution in [0.5, 0.6) is 0 Å². The number of carbonyl (C=O) groups excluding carboxylic acids is 1. The third-order valence-electron chi connectivity index (χ3n) is 4.42. The minimum absolute atomic E-state index is 0.00742. The van der Waals surface area contributed by atoms with Gasteiger partial charge in [0, 0.05) is 18.4 Å². The van der Waals surface area contributed by atoms with Crippen molar-refractivity contribution in [1.29, 1.82) is 0 Å². The molecule has 0 aliphatic carbocycles. The van der Waals surface area contributed by atoms with E-state index in [4.69, 9.17) is 4.74 Å². The first-order chi connectivity index (χ1) is 11.6. The molecular formula is C18H23N3O3. The molecule has 2 heterocycles. The van der Waals surface area contributed by atoms with Crippen molar-refractivity contribution >= 4 is 16.7 Å². The summed E-state index contributed by atoms with van der Waals surface area (Å²) in [6.07, 6.45) is 5.51. The van der Waals surface area contributed by atoms with Crippen LogP contribution in [0.4, 0.5) is 0 Å². The molecular weight excluding hydrogens is 306 g/mol. The number of rotatable bonds is 6. The van der Waals surface area contributed by atoms with Crippen molar-refractivity contribution in [3.05, 3.63) is 40.8 Å². The Kier molecular flexibility index (Phi) is 5.25. The Bertz CT molecular complexity index is 771. The van der Waals surface area contributed by atoms with Gasteiger partial charge < -0.3 is 10.1 Å². The molecule has 0 spiro atoms. The Morgan fingerprint density at radius 1 is 1.38 bits per heavy atom. The van der Waals surface area contributed by atoms with E-state index < -0.39 is 0 Å². The third kappa shape index (κ3) is 4.00.